The summed E-state index contributed by atoms with van der Waals surface area (Å²) in [6.45, 7) is 7.89. The minimum absolute atomic E-state index is 0.335. The fourth-order valence-electron chi connectivity index (χ4n) is 1.14. The van der Waals surface area contributed by atoms with Crippen molar-refractivity contribution >= 4 is 6.09 Å². The number of ether oxygens (including phenoxy) is 2. The molecule has 1 heterocycles. The molecule has 1 saturated heterocycles. The van der Waals surface area contributed by atoms with Crippen molar-refractivity contribution in [2.24, 2.45) is 5.92 Å². The summed E-state index contributed by atoms with van der Waals surface area (Å²) >= 11 is 0. The summed E-state index contributed by atoms with van der Waals surface area (Å²) in [6.07, 6.45) is 0.636. The topological polar surface area (TPSA) is 47.6 Å². The Balaban J connectivity index is 2.02. The van der Waals surface area contributed by atoms with Crippen LogP contribution in [0.25, 0.3) is 0 Å². The van der Waals surface area contributed by atoms with Crippen LogP contribution < -0.4 is 5.32 Å². The van der Waals surface area contributed by atoms with Crippen molar-refractivity contribution in [3.8, 4) is 0 Å². The van der Waals surface area contributed by atoms with Crippen LogP contribution in [0.5, 0.6) is 0 Å². The molecular weight excluding hydrogens is 182 g/mol. The van der Waals surface area contributed by atoms with Crippen molar-refractivity contribution < 1.29 is 14.3 Å². The van der Waals surface area contributed by atoms with Gasteiger partial charge in [0.25, 0.3) is 0 Å². The highest BCUT2D eigenvalue weighted by atomic mass is 16.6. The maximum Gasteiger partial charge on any atom is 0.407 e. The summed E-state index contributed by atoms with van der Waals surface area (Å²) in [7, 11) is 0. The molecule has 1 N–H and O–H groups in total. The third kappa shape index (κ3) is 4.46. The monoisotopic (exact) mass is 201 g/mol. The van der Waals surface area contributed by atoms with E-state index in [-0.39, 0.29) is 6.09 Å². The van der Waals surface area contributed by atoms with Crippen LogP contribution in [0.2, 0.25) is 0 Å². The van der Waals surface area contributed by atoms with E-state index in [1.54, 1.807) is 0 Å². The quantitative estimate of drug-likeness (QED) is 0.753. The summed E-state index contributed by atoms with van der Waals surface area (Å²) < 4.78 is 10.1. The van der Waals surface area contributed by atoms with E-state index in [2.05, 4.69) is 5.32 Å². The predicted octanol–water partition coefficient (Wildman–Crippen LogP) is 1.55. The SMILES string of the molecule is CC(C)(C)OC(=O)NCCC1COC1. The normalized spacial score (nSPS) is 17.4. The average Bonchev–Trinajstić information content (AvgIpc) is 1.90. The molecule has 0 radical (unpaired) electrons. The van der Waals surface area contributed by atoms with Crippen molar-refractivity contribution in [1.29, 1.82) is 0 Å². The van der Waals surface area contributed by atoms with Crippen LogP contribution in [0, 0.1) is 5.92 Å². The van der Waals surface area contributed by atoms with Gasteiger partial charge in [-0.3, -0.25) is 0 Å². The Bertz CT molecular complexity index is 194. The third-order valence-electron chi connectivity index (χ3n) is 1.93. The molecule has 0 aliphatic carbocycles. The smallest absolute Gasteiger partial charge is 0.407 e. The fraction of sp³-hybridized carbons (Fsp3) is 0.900. The van der Waals surface area contributed by atoms with Gasteiger partial charge in [0.1, 0.15) is 5.60 Å². The van der Waals surface area contributed by atoms with Gasteiger partial charge < -0.3 is 14.8 Å². The van der Waals surface area contributed by atoms with E-state index >= 15 is 0 Å². The van der Waals surface area contributed by atoms with E-state index < -0.39 is 5.60 Å². The fourth-order valence-corrected chi connectivity index (χ4v) is 1.14. The molecule has 0 unspecified atom stereocenters. The zero-order chi connectivity index (χ0) is 10.6. The Morgan fingerprint density at radius 3 is 2.57 bits per heavy atom. The standard InChI is InChI=1S/C10H19NO3/c1-10(2,3)14-9(12)11-5-4-8-6-13-7-8/h8H,4-7H2,1-3H3,(H,11,12). The minimum Gasteiger partial charge on any atom is -0.444 e. The van der Waals surface area contributed by atoms with Crippen molar-refractivity contribution in [3.63, 3.8) is 0 Å². The molecule has 0 bridgehead atoms. The molecule has 0 aromatic heterocycles. The van der Waals surface area contributed by atoms with Crippen molar-refractivity contribution in [1.82, 2.24) is 5.32 Å². The lowest BCUT2D eigenvalue weighted by molar-refractivity contribution is -0.0353. The van der Waals surface area contributed by atoms with Gasteiger partial charge in [0.05, 0.1) is 13.2 Å². The highest BCUT2D eigenvalue weighted by Crippen LogP contribution is 2.13. The maximum absolute atomic E-state index is 11.2. The lowest BCUT2D eigenvalue weighted by Crippen LogP contribution is -2.36. The van der Waals surface area contributed by atoms with Gasteiger partial charge in [0.2, 0.25) is 0 Å². The highest BCUT2D eigenvalue weighted by Gasteiger charge is 2.19. The Morgan fingerprint density at radius 1 is 1.50 bits per heavy atom. The van der Waals surface area contributed by atoms with E-state index in [0.29, 0.717) is 12.5 Å². The first-order valence-corrected chi connectivity index (χ1v) is 5.02. The maximum atomic E-state index is 11.2. The van der Waals surface area contributed by atoms with Crippen LogP contribution in [0.15, 0.2) is 0 Å². The summed E-state index contributed by atoms with van der Waals surface area (Å²) in [6, 6.07) is 0. The molecule has 0 spiro atoms. The molecule has 0 atom stereocenters. The van der Waals surface area contributed by atoms with Crippen LogP contribution in [0.1, 0.15) is 27.2 Å². The number of amides is 1. The Kier molecular flexibility index (Phi) is 3.75. The molecule has 14 heavy (non-hydrogen) atoms. The van der Waals surface area contributed by atoms with Gasteiger partial charge in [0, 0.05) is 12.5 Å². The Morgan fingerprint density at radius 2 is 2.14 bits per heavy atom. The largest absolute Gasteiger partial charge is 0.444 e. The molecule has 4 heteroatoms. The van der Waals surface area contributed by atoms with Gasteiger partial charge in [-0.25, -0.2) is 4.79 Å². The molecular formula is C10H19NO3. The minimum atomic E-state index is -0.413. The number of alkyl carbamates (subject to hydrolysis) is 1. The predicted molar refractivity (Wildman–Crippen MR) is 53.2 cm³/mol. The summed E-state index contributed by atoms with van der Waals surface area (Å²) in [5.41, 5.74) is -0.413. The zero-order valence-electron chi connectivity index (χ0n) is 9.13. The first-order valence-electron chi connectivity index (χ1n) is 5.02. The molecule has 1 amide bonds. The number of carbonyl (C=O) groups excluding carboxylic acids is 1. The van der Waals surface area contributed by atoms with Crippen LogP contribution in [-0.2, 0) is 9.47 Å². The van der Waals surface area contributed by atoms with E-state index in [9.17, 15) is 4.79 Å². The van der Waals surface area contributed by atoms with Crippen molar-refractivity contribution in [2.75, 3.05) is 19.8 Å². The summed E-state index contributed by atoms with van der Waals surface area (Å²) in [5, 5.41) is 2.72. The second kappa shape index (κ2) is 4.64. The third-order valence-corrected chi connectivity index (χ3v) is 1.93. The molecule has 82 valence electrons. The first-order chi connectivity index (χ1) is 6.47. The second-order valence-electron chi connectivity index (χ2n) is 4.62. The van der Waals surface area contributed by atoms with Gasteiger partial charge in [-0.15, -0.1) is 0 Å². The molecule has 0 aromatic rings. The first kappa shape index (κ1) is 11.3. The number of hydrogen-bond donors (Lipinski definition) is 1. The molecule has 1 aliphatic heterocycles. The molecule has 1 fully saturated rings. The highest BCUT2D eigenvalue weighted by molar-refractivity contribution is 5.67. The van der Waals surface area contributed by atoms with Gasteiger partial charge in [-0.05, 0) is 27.2 Å². The zero-order valence-corrected chi connectivity index (χ0v) is 9.13. The van der Waals surface area contributed by atoms with E-state index in [0.717, 1.165) is 19.6 Å². The number of hydrogen-bond acceptors (Lipinski definition) is 3. The number of rotatable bonds is 3. The van der Waals surface area contributed by atoms with Gasteiger partial charge in [0.15, 0.2) is 0 Å². The molecule has 1 aliphatic rings. The van der Waals surface area contributed by atoms with Crippen LogP contribution >= 0.6 is 0 Å². The number of nitrogens with one attached hydrogen (secondary N) is 1. The average molecular weight is 201 g/mol. The Labute approximate surface area is 85.0 Å². The lowest BCUT2D eigenvalue weighted by atomic mass is 10.0. The molecule has 4 nitrogen and oxygen atoms in total. The van der Waals surface area contributed by atoms with Gasteiger partial charge in [-0.1, -0.05) is 0 Å². The Hall–Kier alpha value is -0.770. The van der Waals surface area contributed by atoms with E-state index in [1.165, 1.54) is 0 Å². The van der Waals surface area contributed by atoms with Gasteiger partial charge >= 0.3 is 6.09 Å². The van der Waals surface area contributed by atoms with Crippen LogP contribution in [-0.4, -0.2) is 31.5 Å². The van der Waals surface area contributed by atoms with Crippen molar-refractivity contribution in [2.45, 2.75) is 32.8 Å². The summed E-state index contributed by atoms with van der Waals surface area (Å²) in [5.74, 6) is 0.616. The van der Waals surface area contributed by atoms with Crippen molar-refractivity contribution in [3.05, 3.63) is 0 Å². The molecule has 0 saturated carbocycles. The second-order valence-corrected chi connectivity index (χ2v) is 4.62. The van der Waals surface area contributed by atoms with Crippen LogP contribution in [0.3, 0.4) is 0 Å². The van der Waals surface area contributed by atoms with Gasteiger partial charge in [-0.2, -0.15) is 0 Å². The lowest BCUT2D eigenvalue weighted by Gasteiger charge is -2.26. The van der Waals surface area contributed by atoms with E-state index in [1.807, 2.05) is 20.8 Å². The summed E-state index contributed by atoms with van der Waals surface area (Å²) in [4.78, 5) is 11.2. The molecule has 0 aromatic carbocycles. The number of carbonyl (C=O) groups is 1. The van der Waals surface area contributed by atoms with E-state index in [4.69, 9.17) is 9.47 Å². The van der Waals surface area contributed by atoms with Crippen LogP contribution in [0.4, 0.5) is 4.79 Å². The molecule has 1 rings (SSSR count).